The summed E-state index contributed by atoms with van der Waals surface area (Å²) in [5, 5.41) is 7.81. The lowest BCUT2D eigenvalue weighted by Gasteiger charge is -2.33. The summed E-state index contributed by atoms with van der Waals surface area (Å²) in [4.78, 5) is 25.4. The number of nitrogens with one attached hydrogen (secondary N) is 1. The Morgan fingerprint density at radius 2 is 2.12 bits per heavy atom. The van der Waals surface area contributed by atoms with Gasteiger partial charge in [0.1, 0.15) is 0 Å². The van der Waals surface area contributed by atoms with Crippen LogP contribution in [0.25, 0.3) is 0 Å². The maximum absolute atomic E-state index is 12.7. The second-order valence-electron chi connectivity index (χ2n) is 6.51. The lowest BCUT2D eigenvalue weighted by molar-refractivity contribution is -0.138. The van der Waals surface area contributed by atoms with E-state index in [1.54, 1.807) is 6.92 Å². The highest BCUT2D eigenvalue weighted by molar-refractivity contribution is 6.03. The van der Waals surface area contributed by atoms with Gasteiger partial charge in [-0.05, 0) is 40.5 Å². The number of ether oxygens (including phenoxy) is 1. The molecule has 1 atom stereocenters. The van der Waals surface area contributed by atoms with Crippen molar-refractivity contribution >= 4 is 11.8 Å². The maximum atomic E-state index is 12.7. The van der Waals surface area contributed by atoms with E-state index in [2.05, 4.69) is 10.4 Å². The highest BCUT2D eigenvalue weighted by Crippen LogP contribution is 2.43. The van der Waals surface area contributed by atoms with Gasteiger partial charge in [0.05, 0.1) is 23.8 Å². The minimum absolute atomic E-state index is 0.108. The molecular weight excluding hydrogens is 318 g/mol. The van der Waals surface area contributed by atoms with Crippen molar-refractivity contribution in [1.82, 2.24) is 15.1 Å². The first kappa shape index (κ1) is 17.5. The largest absolute Gasteiger partial charge is 0.463 e. The first-order valence-corrected chi connectivity index (χ1v) is 8.93. The van der Waals surface area contributed by atoms with Crippen molar-refractivity contribution < 1.29 is 14.3 Å². The molecule has 0 aromatic carbocycles. The molecule has 2 heterocycles. The Bertz CT molecular complexity index is 786. The van der Waals surface area contributed by atoms with E-state index < -0.39 is 5.92 Å². The number of hydrogen-bond donors (Lipinski definition) is 1. The highest BCUT2D eigenvalue weighted by atomic mass is 16.5. The van der Waals surface area contributed by atoms with Crippen LogP contribution >= 0.6 is 0 Å². The van der Waals surface area contributed by atoms with Gasteiger partial charge in [0.25, 0.3) is 0 Å². The third kappa shape index (κ3) is 3.01. The Morgan fingerprint density at radius 3 is 2.76 bits per heavy atom. The average molecular weight is 343 g/mol. The summed E-state index contributed by atoms with van der Waals surface area (Å²) in [6.45, 7) is 8.65. The Hall–Kier alpha value is -2.37. The fraction of sp³-hybridized carbons (Fsp3) is 0.526. The summed E-state index contributed by atoms with van der Waals surface area (Å²) in [7, 11) is 0. The van der Waals surface area contributed by atoms with E-state index in [-0.39, 0.29) is 11.8 Å². The molecular formula is C19H25N3O3. The number of allylic oxidation sites excluding steroid dienone is 3. The summed E-state index contributed by atoms with van der Waals surface area (Å²) in [5.41, 5.74) is 4.69. The monoisotopic (exact) mass is 343 g/mol. The smallest absolute Gasteiger partial charge is 0.336 e. The Kier molecular flexibility index (Phi) is 4.79. The first-order chi connectivity index (χ1) is 12.0. The number of carbonyl (C=O) groups excluding carboxylic acids is 2. The summed E-state index contributed by atoms with van der Waals surface area (Å²) < 4.78 is 7.14. The molecule has 0 spiro atoms. The number of carbonyl (C=O) groups is 2. The molecule has 0 fully saturated rings. The first-order valence-electron chi connectivity index (χ1n) is 8.93. The predicted octanol–water partition coefficient (Wildman–Crippen LogP) is 2.74. The van der Waals surface area contributed by atoms with Crippen molar-refractivity contribution in [2.24, 2.45) is 0 Å². The Morgan fingerprint density at radius 1 is 1.36 bits per heavy atom. The van der Waals surface area contributed by atoms with Crippen molar-refractivity contribution in [2.45, 2.75) is 59.4 Å². The van der Waals surface area contributed by atoms with E-state index in [1.807, 2.05) is 31.6 Å². The van der Waals surface area contributed by atoms with Gasteiger partial charge in [0.15, 0.2) is 5.78 Å². The van der Waals surface area contributed by atoms with Gasteiger partial charge >= 0.3 is 5.97 Å². The fourth-order valence-electron chi connectivity index (χ4n) is 3.75. The van der Waals surface area contributed by atoms with Gasteiger partial charge in [0, 0.05) is 41.7 Å². The van der Waals surface area contributed by atoms with Crippen molar-refractivity contribution in [3.8, 4) is 0 Å². The number of aryl methyl sites for hydroxylation is 2. The van der Waals surface area contributed by atoms with E-state index in [9.17, 15) is 9.59 Å². The van der Waals surface area contributed by atoms with Crippen LogP contribution < -0.4 is 5.32 Å². The van der Waals surface area contributed by atoms with Gasteiger partial charge in [-0.3, -0.25) is 9.48 Å². The second kappa shape index (κ2) is 6.86. The summed E-state index contributed by atoms with van der Waals surface area (Å²) in [6, 6.07) is 0. The van der Waals surface area contributed by atoms with E-state index >= 15 is 0 Å². The van der Waals surface area contributed by atoms with Crippen LogP contribution in [-0.2, 0) is 20.9 Å². The number of ketones is 1. The van der Waals surface area contributed by atoms with E-state index in [4.69, 9.17) is 4.74 Å². The van der Waals surface area contributed by atoms with Gasteiger partial charge in [-0.15, -0.1) is 0 Å². The molecule has 1 unspecified atom stereocenters. The van der Waals surface area contributed by atoms with Crippen molar-refractivity contribution in [3.05, 3.63) is 40.0 Å². The Balaban J connectivity index is 2.18. The molecule has 134 valence electrons. The van der Waals surface area contributed by atoms with Crippen LogP contribution in [-0.4, -0.2) is 28.1 Å². The summed E-state index contributed by atoms with van der Waals surface area (Å²) in [6.07, 6.45) is 4.13. The van der Waals surface area contributed by atoms with Crippen LogP contribution in [0.2, 0.25) is 0 Å². The van der Waals surface area contributed by atoms with Gasteiger partial charge in [-0.25, -0.2) is 4.79 Å². The summed E-state index contributed by atoms with van der Waals surface area (Å²) >= 11 is 0. The molecule has 0 bridgehead atoms. The minimum atomic E-state index is -0.400. The third-order valence-electron chi connectivity index (χ3n) is 4.89. The van der Waals surface area contributed by atoms with Crippen molar-refractivity contribution in [1.29, 1.82) is 0 Å². The molecule has 0 radical (unpaired) electrons. The third-order valence-corrected chi connectivity index (χ3v) is 4.89. The van der Waals surface area contributed by atoms with Crippen LogP contribution in [0, 0.1) is 6.92 Å². The maximum Gasteiger partial charge on any atom is 0.336 e. The quantitative estimate of drug-likeness (QED) is 0.851. The second-order valence-corrected chi connectivity index (χ2v) is 6.51. The van der Waals surface area contributed by atoms with Crippen LogP contribution in [0.4, 0.5) is 0 Å². The fourth-order valence-corrected chi connectivity index (χ4v) is 3.75. The molecule has 1 aromatic heterocycles. The molecule has 3 rings (SSSR count). The lowest BCUT2D eigenvalue weighted by Crippen LogP contribution is -2.34. The van der Waals surface area contributed by atoms with Crippen LogP contribution in [0.5, 0.6) is 0 Å². The molecule has 1 aliphatic heterocycles. The zero-order valence-corrected chi connectivity index (χ0v) is 15.3. The topological polar surface area (TPSA) is 73.2 Å². The summed E-state index contributed by atoms with van der Waals surface area (Å²) in [5.74, 6) is -0.661. The number of nitrogens with zero attached hydrogens (tertiary/aromatic N) is 2. The number of Topliss-reactive ketones (excluding diaryl/α,β-unsaturated/α-hetero) is 1. The van der Waals surface area contributed by atoms with Crippen LogP contribution in [0.3, 0.4) is 0 Å². The normalized spacial score (nSPS) is 20.5. The molecule has 1 aromatic rings. The van der Waals surface area contributed by atoms with E-state index in [1.165, 1.54) is 0 Å². The van der Waals surface area contributed by atoms with Crippen molar-refractivity contribution in [2.75, 3.05) is 6.61 Å². The molecule has 25 heavy (non-hydrogen) atoms. The molecule has 2 aliphatic rings. The van der Waals surface area contributed by atoms with Crippen LogP contribution in [0.15, 0.2) is 28.7 Å². The Labute approximate surface area is 147 Å². The predicted molar refractivity (Wildman–Crippen MR) is 93.7 cm³/mol. The molecule has 1 N–H and O–H groups in total. The minimum Gasteiger partial charge on any atom is -0.463 e. The number of aromatic nitrogens is 2. The van der Waals surface area contributed by atoms with Gasteiger partial charge < -0.3 is 10.1 Å². The molecule has 0 amide bonds. The number of esters is 1. The molecule has 0 saturated heterocycles. The van der Waals surface area contributed by atoms with Crippen molar-refractivity contribution in [3.63, 3.8) is 0 Å². The molecule has 6 heteroatoms. The molecule has 1 aliphatic carbocycles. The standard InChI is InChI=1S/C19H25N3O3/c1-5-22-10-13(11(3)21-22)17-16(19(24)25-6-2)12(4)20-14-8-7-9-15(23)18(14)17/h10,17,20H,5-9H2,1-4H3. The van der Waals surface area contributed by atoms with Gasteiger partial charge in [-0.2, -0.15) is 5.10 Å². The van der Waals surface area contributed by atoms with E-state index in [0.717, 1.165) is 42.0 Å². The van der Waals surface area contributed by atoms with Gasteiger partial charge in [-0.1, -0.05) is 0 Å². The zero-order valence-electron chi connectivity index (χ0n) is 15.3. The average Bonchev–Trinajstić information content (AvgIpc) is 2.94. The zero-order chi connectivity index (χ0) is 18.1. The molecule has 0 saturated carbocycles. The number of rotatable bonds is 4. The number of dihydropyridines is 1. The SMILES string of the molecule is CCOC(=O)C1=C(C)NC2=C(C(=O)CCC2)C1c1cn(CC)nc1C. The van der Waals surface area contributed by atoms with E-state index in [0.29, 0.717) is 24.2 Å². The highest BCUT2D eigenvalue weighted by Gasteiger charge is 2.40. The molecule has 6 nitrogen and oxygen atoms in total. The lowest BCUT2D eigenvalue weighted by atomic mass is 9.75. The number of hydrogen-bond acceptors (Lipinski definition) is 5. The van der Waals surface area contributed by atoms with Gasteiger partial charge in [0.2, 0.25) is 0 Å². The van der Waals surface area contributed by atoms with Crippen LogP contribution in [0.1, 0.15) is 57.2 Å².